The van der Waals surface area contributed by atoms with Crippen LogP contribution in [0.4, 0.5) is 0 Å². The molecule has 1 aliphatic rings. The van der Waals surface area contributed by atoms with Crippen LogP contribution in [0.1, 0.15) is 24.2 Å². The molecule has 0 saturated heterocycles. The van der Waals surface area contributed by atoms with Crippen molar-refractivity contribution in [2.24, 2.45) is 0 Å². The molecule has 1 aromatic carbocycles. The van der Waals surface area contributed by atoms with E-state index in [4.69, 9.17) is 13.9 Å². The quantitative estimate of drug-likeness (QED) is 0.731. The minimum atomic E-state index is -0.505. The summed E-state index contributed by atoms with van der Waals surface area (Å²) < 4.78 is 20.9. The van der Waals surface area contributed by atoms with E-state index < -0.39 is 6.04 Å². The van der Waals surface area contributed by atoms with Crippen molar-refractivity contribution in [1.82, 2.24) is 4.90 Å². The van der Waals surface area contributed by atoms with E-state index >= 15 is 0 Å². The second-order valence-corrected chi connectivity index (χ2v) is 6.24. The van der Waals surface area contributed by atoms with Crippen molar-refractivity contribution in [2.75, 3.05) is 27.9 Å². The maximum Gasteiger partial charge on any atom is 0.323 e. The number of rotatable bonds is 6. The Kier molecular flexibility index (Phi) is 5.46. The number of furan rings is 1. The molecule has 0 unspecified atom stereocenters. The third-order valence-corrected chi connectivity index (χ3v) is 4.84. The molecular formula is C19H23NO6. The Hall–Kier alpha value is -2.54. The van der Waals surface area contributed by atoms with Crippen LogP contribution >= 0.6 is 0 Å². The highest BCUT2D eigenvalue weighted by Crippen LogP contribution is 2.33. The predicted octanol–water partition coefficient (Wildman–Crippen LogP) is 2.29. The summed E-state index contributed by atoms with van der Waals surface area (Å²) >= 11 is 0. The van der Waals surface area contributed by atoms with E-state index in [2.05, 4.69) is 4.74 Å². The normalized spacial score (nSPS) is 15.3. The molecule has 0 fully saturated rings. The number of hydrogen-bond donors (Lipinski definition) is 0. The minimum absolute atomic E-state index is 0.164. The monoisotopic (exact) mass is 361 g/mol. The van der Waals surface area contributed by atoms with Gasteiger partial charge < -0.3 is 18.6 Å². The summed E-state index contributed by atoms with van der Waals surface area (Å²) in [5.41, 5.74) is 1.94. The molecular weight excluding hydrogens is 338 g/mol. The van der Waals surface area contributed by atoms with Crippen LogP contribution in [-0.4, -0.2) is 50.8 Å². The van der Waals surface area contributed by atoms with E-state index in [0.29, 0.717) is 19.5 Å². The molecule has 0 amide bonds. The van der Waals surface area contributed by atoms with Crippen molar-refractivity contribution < 1.29 is 28.2 Å². The van der Waals surface area contributed by atoms with E-state index in [1.807, 2.05) is 23.1 Å². The van der Waals surface area contributed by atoms with Gasteiger partial charge in [0.25, 0.3) is 0 Å². The van der Waals surface area contributed by atoms with Crippen molar-refractivity contribution in [2.45, 2.75) is 31.8 Å². The van der Waals surface area contributed by atoms with Crippen molar-refractivity contribution in [1.29, 1.82) is 0 Å². The van der Waals surface area contributed by atoms with Crippen molar-refractivity contribution in [3.63, 3.8) is 0 Å². The number of carbonyl (C=O) groups excluding carboxylic acids is 2. The fourth-order valence-electron chi connectivity index (χ4n) is 3.44. The van der Waals surface area contributed by atoms with Crippen LogP contribution in [0.2, 0.25) is 0 Å². The number of ether oxygens (including phenoxy) is 3. The SMILES string of the molecule is COC(=O)CC[C@@H](C(=O)OC)N1CCc2c(oc3cc(OC)ccc23)C1. The van der Waals surface area contributed by atoms with Crippen LogP contribution in [0.3, 0.4) is 0 Å². The number of fused-ring (bicyclic) bond motifs is 3. The van der Waals surface area contributed by atoms with Gasteiger partial charge in [-0.3, -0.25) is 14.5 Å². The lowest BCUT2D eigenvalue weighted by Gasteiger charge is -2.32. The second-order valence-electron chi connectivity index (χ2n) is 6.24. The van der Waals surface area contributed by atoms with E-state index in [9.17, 15) is 9.59 Å². The average molecular weight is 361 g/mol. The summed E-state index contributed by atoms with van der Waals surface area (Å²) in [5, 5.41) is 1.07. The fourth-order valence-corrected chi connectivity index (χ4v) is 3.44. The highest BCUT2D eigenvalue weighted by Gasteiger charge is 2.32. The van der Waals surface area contributed by atoms with Gasteiger partial charge in [0.1, 0.15) is 23.1 Å². The average Bonchev–Trinajstić information content (AvgIpc) is 3.04. The van der Waals surface area contributed by atoms with E-state index in [0.717, 1.165) is 34.5 Å². The van der Waals surface area contributed by atoms with E-state index in [-0.39, 0.29) is 18.4 Å². The molecule has 2 heterocycles. The number of benzene rings is 1. The summed E-state index contributed by atoms with van der Waals surface area (Å²) in [6.45, 7) is 1.18. The van der Waals surface area contributed by atoms with Gasteiger partial charge in [0, 0.05) is 30.0 Å². The zero-order chi connectivity index (χ0) is 18.7. The van der Waals surface area contributed by atoms with Crippen LogP contribution in [0, 0.1) is 0 Å². The summed E-state index contributed by atoms with van der Waals surface area (Å²) in [6.07, 6.45) is 1.28. The topological polar surface area (TPSA) is 78.2 Å². The Morgan fingerprint density at radius 3 is 2.73 bits per heavy atom. The number of carbonyl (C=O) groups is 2. The lowest BCUT2D eigenvalue weighted by Crippen LogP contribution is -2.44. The number of methoxy groups -OCH3 is 3. The summed E-state index contributed by atoms with van der Waals surface area (Å²) in [5.74, 6) is 0.889. The summed E-state index contributed by atoms with van der Waals surface area (Å²) in [7, 11) is 4.32. The molecule has 1 aromatic heterocycles. The number of hydrogen-bond acceptors (Lipinski definition) is 7. The Morgan fingerprint density at radius 1 is 1.23 bits per heavy atom. The zero-order valence-electron chi connectivity index (χ0n) is 15.2. The molecule has 0 saturated carbocycles. The molecule has 1 aliphatic heterocycles. The first-order chi connectivity index (χ1) is 12.6. The maximum absolute atomic E-state index is 12.2. The van der Waals surface area contributed by atoms with E-state index in [1.54, 1.807) is 7.11 Å². The van der Waals surface area contributed by atoms with Crippen LogP contribution < -0.4 is 4.74 Å². The number of nitrogens with zero attached hydrogens (tertiary/aromatic N) is 1. The first kappa shape index (κ1) is 18.3. The van der Waals surface area contributed by atoms with Crippen LogP contribution in [0.5, 0.6) is 5.75 Å². The molecule has 0 N–H and O–H groups in total. The maximum atomic E-state index is 12.2. The Morgan fingerprint density at radius 2 is 2.04 bits per heavy atom. The molecule has 140 valence electrons. The van der Waals surface area contributed by atoms with Crippen LogP contribution in [0.25, 0.3) is 11.0 Å². The molecule has 0 radical (unpaired) electrons. The van der Waals surface area contributed by atoms with Crippen molar-refractivity contribution in [3.8, 4) is 5.75 Å². The van der Waals surface area contributed by atoms with Gasteiger partial charge >= 0.3 is 11.9 Å². The first-order valence-corrected chi connectivity index (χ1v) is 8.54. The van der Waals surface area contributed by atoms with Gasteiger partial charge in [0.05, 0.1) is 27.9 Å². The van der Waals surface area contributed by atoms with Gasteiger partial charge in [-0.15, -0.1) is 0 Å². The molecule has 0 spiro atoms. The molecule has 1 atom stereocenters. The molecule has 7 nitrogen and oxygen atoms in total. The summed E-state index contributed by atoms with van der Waals surface area (Å²) in [6, 6.07) is 5.28. The predicted molar refractivity (Wildman–Crippen MR) is 93.9 cm³/mol. The van der Waals surface area contributed by atoms with Gasteiger partial charge in [-0.2, -0.15) is 0 Å². The van der Waals surface area contributed by atoms with Gasteiger partial charge in [0.2, 0.25) is 0 Å². The third kappa shape index (κ3) is 3.53. The standard InChI is InChI=1S/C19H23NO6/c1-23-12-4-5-13-14-8-9-20(11-17(14)26-16(13)10-12)15(19(22)25-3)6-7-18(21)24-2/h4-5,10,15H,6-9,11H2,1-3H3/t15-/m0/s1. The Bertz CT molecular complexity index is 812. The molecule has 3 rings (SSSR count). The Labute approximate surface area is 151 Å². The van der Waals surface area contributed by atoms with Crippen molar-refractivity contribution in [3.05, 3.63) is 29.5 Å². The first-order valence-electron chi connectivity index (χ1n) is 8.54. The molecule has 7 heteroatoms. The molecule has 2 aromatic rings. The smallest absolute Gasteiger partial charge is 0.323 e. The van der Waals surface area contributed by atoms with Gasteiger partial charge in [-0.05, 0) is 25.0 Å². The van der Waals surface area contributed by atoms with Gasteiger partial charge in [0.15, 0.2) is 0 Å². The molecule has 26 heavy (non-hydrogen) atoms. The largest absolute Gasteiger partial charge is 0.497 e. The lowest BCUT2D eigenvalue weighted by atomic mass is 10.0. The molecule has 0 bridgehead atoms. The highest BCUT2D eigenvalue weighted by molar-refractivity contribution is 5.84. The fraction of sp³-hybridized carbons (Fsp3) is 0.474. The number of esters is 2. The van der Waals surface area contributed by atoms with E-state index in [1.165, 1.54) is 14.2 Å². The van der Waals surface area contributed by atoms with Gasteiger partial charge in [-0.25, -0.2) is 0 Å². The Balaban J connectivity index is 1.82. The third-order valence-electron chi connectivity index (χ3n) is 4.84. The van der Waals surface area contributed by atoms with Gasteiger partial charge in [-0.1, -0.05) is 0 Å². The van der Waals surface area contributed by atoms with Crippen LogP contribution in [-0.2, 0) is 32.0 Å². The van der Waals surface area contributed by atoms with Crippen LogP contribution in [0.15, 0.2) is 22.6 Å². The summed E-state index contributed by atoms with van der Waals surface area (Å²) in [4.78, 5) is 25.7. The van der Waals surface area contributed by atoms with Crippen molar-refractivity contribution >= 4 is 22.9 Å². The minimum Gasteiger partial charge on any atom is -0.497 e. The highest BCUT2D eigenvalue weighted by atomic mass is 16.5. The lowest BCUT2D eigenvalue weighted by molar-refractivity contribution is -0.148. The zero-order valence-corrected chi connectivity index (χ0v) is 15.2. The molecule has 0 aliphatic carbocycles. The second kappa shape index (κ2) is 7.78.